The number of rotatable bonds is 7. The van der Waals surface area contributed by atoms with Crippen molar-refractivity contribution < 1.29 is 14.3 Å². The van der Waals surface area contributed by atoms with Crippen LogP contribution < -0.4 is 26.0 Å². The zero-order valence-corrected chi connectivity index (χ0v) is 19.5. The summed E-state index contributed by atoms with van der Waals surface area (Å²) in [4.78, 5) is 39.9. The van der Waals surface area contributed by atoms with E-state index in [1.165, 1.54) is 14.2 Å². The Morgan fingerprint density at radius 1 is 0.914 bits per heavy atom. The number of anilines is 1. The first-order chi connectivity index (χ1) is 16.9. The monoisotopic (exact) mass is 472 g/mol. The second-order valence-corrected chi connectivity index (χ2v) is 7.72. The number of carbonyl (C=O) groups excluding carboxylic acids is 1. The Kier molecular flexibility index (Phi) is 6.77. The number of aryl methyl sites for hydroxylation is 1. The summed E-state index contributed by atoms with van der Waals surface area (Å²) in [7, 11) is 2.96. The molecule has 178 valence electrons. The van der Waals surface area contributed by atoms with Gasteiger partial charge in [-0.25, -0.2) is 4.79 Å². The van der Waals surface area contributed by atoms with E-state index >= 15 is 0 Å². The van der Waals surface area contributed by atoms with Gasteiger partial charge in [-0.2, -0.15) is 9.78 Å². The van der Waals surface area contributed by atoms with Crippen LogP contribution in [0.15, 0.2) is 82.4 Å². The molecule has 9 heteroatoms. The molecule has 1 amide bonds. The maximum Gasteiger partial charge on any atom is 0.352 e. The molecule has 1 heterocycles. The highest BCUT2D eigenvalue weighted by atomic mass is 16.5. The van der Waals surface area contributed by atoms with Gasteiger partial charge in [0.05, 0.1) is 26.5 Å². The number of benzene rings is 3. The fraction of sp³-hybridized carbons (Fsp3) is 0.154. The van der Waals surface area contributed by atoms with Crippen molar-refractivity contribution >= 4 is 11.6 Å². The van der Waals surface area contributed by atoms with E-state index in [2.05, 4.69) is 10.4 Å². The molecule has 0 saturated heterocycles. The number of para-hydroxylation sites is 1. The molecule has 0 bridgehead atoms. The number of nitrogens with one attached hydrogen (secondary N) is 1. The number of hydrogen-bond acceptors (Lipinski definition) is 6. The van der Waals surface area contributed by atoms with Crippen LogP contribution >= 0.6 is 0 Å². The summed E-state index contributed by atoms with van der Waals surface area (Å²) < 4.78 is 12.6. The minimum Gasteiger partial charge on any atom is -0.493 e. The lowest BCUT2D eigenvalue weighted by Crippen LogP contribution is -2.45. The van der Waals surface area contributed by atoms with Gasteiger partial charge in [0.25, 0.3) is 11.5 Å². The minimum atomic E-state index is -0.789. The summed E-state index contributed by atoms with van der Waals surface area (Å²) in [5.74, 6) is 0.0965. The first-order valence-corrected chi connectivity index (χ1v) is 10.8. The first-order valence-electron chi connectivity index (χ1n) is 10.8. The average molecular weight is 473 g/mol. The molecule has 4 aromatic rings. The van der Waals surface area contributed by atoms with Gasteiger partial charge in [0.2, 0.25) is 5.69 Å². The van der Waals surface area contributed by atoms with Crippen molar-refractivity contribution in [1.82, 2.24) is 14.3 Å². The Morgan fingerprint density at radius 3 is 2.29 bits per heavy atom. The molecular formula is C26H24N4O5. The molecule has 1 N–H and O–H groups in total. The summed E-state index contributed by atoms with van der Waals surface area (Å²) >= 11 is 0. The van der Waals surface area contributed by atoms with E-state index in [1.54, 1.807) is 48.5 Å². The molecular weight excluding hydrogens is 448 g/mol. The Bertz CT molecular complexity index is 1490. The lowest BCUT2D eigenvalue weighted by molar-refractivity contribution is 0.101. The molecule has 3 aromatic carbocycles. The zero-order chi connectivity index (χ0) is 24.9. The summed E-state index contributed by atoms with van der Waals surface area (Å²) in [6, 6.07) is 20.9. The highest BCUT2D eigenvalue weighted by molar-refractivity contribution is 6.02. The van der Waals surface area contributed by atoms with Gasteiger partial charge in [-0.15, -0.1) is 0 Å². The van der Waals surface area contributed by atoms with Crippen molar-refractivity contribution in [2.45, 2.75) is 13.5 Å². The molecule has 1 aromatic heterocycles. The van der Waals surface area contributed by atoms with Crippen LogP contribution in [0.3, 0.4) is 0 Å². The Hall–Kier alpha value is -4.66. The topological polar surface area (TPSA) is 104 Å². The van der Waals surface area contributed by atoms with Crippen LogP contribution in [0.2, 0.25) is 0 Å². The van der Waals surface area contributed by atoms with Crippen LogP contribution in [-0.4, -0.2) is 34.5 Å². The minimum absolute atomic E-state index is 0.0221. The maximum absolute atomic E-state index is 13.5. The predicted molar refractivity (Wildman–Crippen MR) is 132 cm³/mol. The number of methoxy groups -OCH3 is 2. The average Bonchev–Trinajstić information content (AvgIpc) is 2.87. The molecule has 0 atom stereocenters. The number of amides is 1. The summed E-state index contributed by atoms with van der Waals surface area (Å²) in [5, 5.41) is 6.82. The second kappa shape index (κ2) is 10.1. The predicted octanol–water partition coefficient (Wildman–Crippen LogP) is 3.02. The third kappa shape index (κ3) is 4.84. The van der Waals surface area contributed by atoms with E-state index in [4.69, 9.17) is 9.47 Å². The van der Waals surface area contributed by atoms with Crippen molar-refractivity contribution in [3.8, 4) is 17.2 Å². The van der Waals surface area contributed by atoms with Crippen LogP contribution in [0, 0.1) is 6.92 Å². The molecule has 0 unspecified atom stereocenters. The normalized spacial score (nSPS) is 10.6. The van der Waals surface area contributed by atoms with E-state index in [9.17, 15) is 14.4 Å². The van der Waals surface area contributed by atoms with E-state index < -0.39 is 22.9 Å². The molecule has 0 aliphatic rings. The van der Waals surface area contributed by atoms with Crippen LogP contribution in [-0.2, 0) is 6.54 Å². The lowest BCUT2D eigenvalue weighted by Gasteiger charge is -2.14. The van der Waals surface area contributed by atoms with Gasteiger partial charge in [-0.1, -0.05) is 42.5 Å². The van der Waals surface area contributed by atoms with Crippen molar-refractivity contribution in [3.05, 3.63) is 110 Å². The Balaban J connectivity index is 1.90. The third-order valence-corrected chi connectivity index (χ3v) is 5.51. The summed E-state index contributed by atoms with van der Waals surface area (Å²) in [5.41, 5.74) is 0.574. The molecule has 4 rings (SSSR count). The number of hydrogen-bond donors (Lipinski definition) is 1. The standard InChI is InChI=1S/C26H24N4O5/c1-17-9-7-8-10-18(17)16-29-25(32)23(24(31)27-19-11-5-4-6-12-19)28-30(26(29)33)20-13-14-21(34-2)22(15-20)35-3/h4-15H,16H2,1-3H3,(H,27,31). The largest absolute Gasteiger partial charge is 0.493 e. The van der Waals surface area contributed by atoms with Gasteiger partial charge < -0.3 is 14.8 Å². The molecule has 0 fully saturated rings. The van der Waals surface area contributed by atoms with Gasteiger partial charge in [0.15, 0.2) is 11.5 Å². The van der Waals surface area contributed by atoms with Gasteiger partial charge >= 0.3 is 5.69 Å². The molecule has 0 spiro atoms. The van der Waals surface area contributed by atoms with Crippen molar-refractivity contribution in [3.63, 3.8) is 0 Å². The van der Waals surface area contributed by atoms with E-state index in [0.29, 0.717) is 22.9 Å². The smallest absolute Gasteiger partial charge is 0.352 e. The van der Waals surface area contributed by atoms with E-state index in [1.807, 2.05) is 31.2 Å². The highest BCUT2D eigenvalue weighted by Crippen LogP contribution is 2.28. The second-order valence-electron chi connectivity index (χ2n) is 7.72. The van der Waals surface area contributed by atoms with Crippen LogP contribution in [0.4, 0.5) is 5.69 Å². The zero-order valence-electron chi connectivity index (χ0n) is 19.5. The highest BCUT2D eigenvalue weighted by Gasteiger charge is 2.21. The maximum atomic E-state index is 13.5. The van der Waals surface area contributed by atoms with Gasteiger partial charge in [-0.3, -0.25) is 14.2 Å². The van der Waals surface area contributed by atoms with Crippen LogP contribution in [0.25, 0.3) is 5.69 Å². The number of carbonyl (C=O) groups is 1. The number of nitrogens with zero attached hydrogens (tertiary/aromatic N) is 3. The van der Waals surface area contributed by atoms with Gasteiger partial charge in [0.1, 0.15) is 0 Å². The molecule has 0 saturated carbocycles. The van der Waals surface area contributed by atoms with E-state index in [0.717, 1.165) is 20.4 Å². The van der Waals surface area contributed by atoms with E-state index in [-0.39, 0.29) is 6.54 Å². The number of ether oxygens (including phenoxy) is 2. The fourth-order valence-electron chi connectivity index (χ4n) is 3.59. The van der Waals surface area contributed by atoms with Gasteiger partial charge in [-0.05, 0) is 42.3 Å². The summed E-state index contributed by atoms with van der Waals surface area (Å²) in [6.07, 6.45) is 0. The molecule has 9 nitrogen and oxygen atoms in total. The SMILES string of the molecule is COc1ccc(-n2nc(C(=O)Nc3ccccc3)c(=O)n(Cc3ccccc3C)c2=O)cc1OC. The first kappa shape index (κ1) is 23.5. The third-order valence-electron chi connectivity index (χ3n) is 5.51. The molecule has 35 heavy (non-hydrogen) atoms. The fourth-order valence-corrected chi connectivity index (χ4v) is 3.59. The quantitative estimate of drug-likeness (QED) is 0.443. The molecule has 0 aliphatic carbocycles. The lowest BCUT2D eigenvalue weighted by atomic mass is 10.1. The van der Waals surface area contributed by atoms with Crippen molar-refractivity contribution in [1.29, 1.82) is 0 Å². The van der Waals surface area contributed by atoms with Gasteiger partial charge in [0, 0.05) is 11.8 Å². The summed E-state index contributed by atoms with van der Waals surface area (Å²) in [6.45, 7) is 1.86. The molecule has 0 radical (unpaired) electrons. The Labute approximate surface area is 201 Å². The van der Waals surface area contributed by atoms with Crippen LogP contribution in [0.1, 0.15) is 21.6 Å². The van der Waals surface area contributed by atoms with Crippen molar-refractivity contribution in [2.75, 3.05) is 19.5 Å². The van der Waals surface area contributed by atoms with Crippen molar-refractivity contribution in [2.24, 2.45) is 0 Å². The Morgan fingerprint density at radius 2 is 1.60 bits per heavy atom. The van der Waals surface area contributed by atoms with Crippen LogP contribution in [0.5, 0.6) is 11.5 Å². The number of aromatic nitrogens is 3. The molecule has 0 aliphatic heterocycles.